The summed E-state index contributed by atoms with van der Waals surface area (Å²) in [6.07, 6.45) is 1.80. The first-order chi connectivity index (χ1) is 7.77. The van der Waals surface area contributed by atoms with Crippen LogP contribution in [0.15, 0.2) is 35.3 Å². The second-order valence-corrected chi connectivity index (χ2v) is 3.34. The molecule has 0 heterocycles. The van der Waals surface area contributed by atoms with Crippen molar-refractivity contribution in [2.24, 2.45) is 4.99 Å². The molecule has 0 aliphatic heterocycles. The Morgan fingerprint density at radius 1 is 1.44 bits per heavy atom. The monoisotopic (exact) mass is 218 g/mol. The van der Waals surface area contributed by atoms with E-state index in [-0.39, 0.29) is 0 Å². The summed E-state index contributed by atoms with van der Waals surface area (Å²) in [7, 11) is 0. The van der Waals surface area contributed by atoms with Crippen molar-refractivity contribution in [2.75, 3.05) is 6.54 Å². The quantitative estimate of drug-likeness (QED) is 0.594. The molecule has 1 aromatic carbocycles. The topological polar surface area (TPSA) is 58.5 Å². The minimum Gasteiger partial charge on any atom is -0.306 e. The maximum absolute atomic E-state index is 11.4. The molecule has 1 unspecified atom stereocenters. The summed E-state index contributed by atoms with van der Waals surface area (Å²) in [6, 6.07) is 9.15. The van der Waals surface area contributed by atoms with Crippen LogP contribution in [0, 0.1) is 0 Å². The third-order valence-corrected chi connectivity index (χ3v) is 2.19. The van der Waals surface area contributed by atoms with Crippen molar-refractivity contribution in [1.29, 1.82) is 0 Å². The van der Waals surface area contributed by atoms with E-state index in [1.807, 2.05) is 37.3 Å². The van der Waals surface area contributed by atoms with Gasteiger partial charge in [0.25, 0.3) is 5.91 Å². The van der Waals surface area contributed by atoms with E-state index >= 15 is 0 Å². The molecule has 0 aliphatic carbocycles. The molecule has 84 valence electrons. The van der Waals surface area contributed by atoms with Gasteiger partial charge in [-0.3, -0.25) is 4.79 Å². The van der Waals surface area contributed by atoms with Gasteiger partial charge in [-0.25, -0.2) is 4.79 Å². The van der Waals surface area contributed by atoms with Crippen LogP contribution < -0.4 is 5.32 Å². The van der Waals surface area contributed by atoms with Crippen LogP contribution >= 0.6 is 0 Å². The maximum Gasteiger partial charge on any atom is 0.273 e. The van der Waals surface area contributed by atoms with E-state index in [0.29, 0.717) is 13.0 Å². The number of nitrogens with zero attached hydrogens (tertiary/aromatic N) is 1. The number of aliphatic imine (C=N–C) groups is 1. The van der Waals surface area contributed by atoms with Gasteiger partial charge in [0.05, 0.1) is 6.04 Å². The fourth-order valence-corrected chi connectivity index (χ4v) is 1.47. The number of hydrogen-bond donors (Lipinski definition) is 1. The lowest BCUT2D eigenvalue weighted by atomic mass is 10.1. The predicted octanol–water partition coefficient (Wildman–Crippen LogP) is 1.07. The van der Waals surface area contributed by atoms with Gasteiger partial charge in [0.2, 0.25) is 6.08 Å². The zero-order valence-electron chi connectivity index (χ0n) is 9.14. The van der Waals surface area contributed by atoms with Crippen LogP contribution in [-0.4, -0.2) is 24.6 Å². The van der Waals surface area contributed by atoms with Crippen molar-refractivity contribution < 1.29 is 9.59 Å². The predicted molar refractivity (Wildman–Crippen MR) is 60.7 cm³/mol. The first-order valence-corrected chi connectivity index (χ1v) is 5.17. The number of benzene rings is 1. The Kier molecular flexibility index (Phi) is 5.12. The Balaban J connectivity index is 2.71. The molecular weight excluding hydrogens is 204 g/mol. The zero-order chi connectivity index (χ0) is 11.8. The normalized spacial score (nSPS) is 11.6. The molecule has 4 nitrogen and oxygen atoms in total. The van der Waals surface area contributed by atoms with Crippen LogP contribution in [0.2, 0.25) is 0 Å². The van der Waals surface area contributed by atoms with E-state index in [1.165, 1.54) is 6.08 Å². The highest BCUT2D eigenvalue weighted by Crippen LogP contribution is 2.04. The third-order valence-electron chi connectivity index (χ3n) is 2.19. The number of nitrogens with one attached hydrogen (secondary N) is 1. The smallest absolute Gasteiger partial charge is 0.273 e. The van der Waals surface area contributed by atoms with Gasteiger partial charge in [-0.2, -0.15) is 0 Å². The van der Waals surface area contributed by atoms with Crippen molar-refractivity contribution in [2.45, 2.75) is 19.4 Å². The van der Waals surface area contributed by atoms with Crippen LogP contribution in [0.25, 0.3) is 0 Å². The average Bonchev–Trinajstić information content (AvgIpc) is 2.30. The molecule has 0 bridgehead atoms. The van der Waals surface area contributed by atoms with Crippen LogP contribution in [0.4, 0.5) is 0 Å². The molecule has 0 aromatic heterocycles. The molecule has 16 heavy (non-hydrogen) atoms. The number of amides is 1. The van der Waals surface area contributed by atoms with E-state index in [0.717, 1.165) is 5.56 Å². The Bertz CT molecular complexity index is 383. The molecule has 1 aromatic rings. The van der Waals surface area contributed by atoms with Crippen LogP contribution in [0.5, 0.6) is 0 Å². The largest absolute Gasteiger partial charge is 0.306 e. The molecule has 0 spiro atoms. The van der Waals surface area contributed by atoms with Crippen LogP contribution in [-0.2, 0) is 16.0 Å². The second kappa shape index (κ2) is 6.67. The third kappa shape index (κ3) is 3.77. The number of carbonyl (C=O) groups excluding carboxylic acids is 2. The first-order valence-electron chi connectivity index (χ1n) is 5.17. The van der Waals surface area contributed by atoms with Gasteiger partial charge in [0, 0.05) is 0 Å². The van der Waals surface area contributed by atoms with Crippen molar-refractivity contribution in [3.8, 4) is 0 Å². The molecule has 0 fully saturated rings. The van der Waals surface area contributed by atoms with E-state index in [4.69, 9.17) is 0 Å². The second-order valence-electron chi connectivity index (χ2n) is 3.34. The summed E-state index contributed by atoms with van der Waals surface area (Å²) in [6.45, 7) is 2.55. The van der Waals surface area contributed by atoms with Gasteiger partial charge >= 0.3 is 0 Å². The van der Waals surface area contributed by atoms with Gasteiger partial charge in [0.1, 0.15) is 0 Å². The van der Waals surface area contributed by atoms with Crippen molar-refractivity contribution in [3.05, 3.63) is 35.9 Å². The summed E-state index contributed by atoms with van der Waals surface area (Å²) in [4.78, 5) is 24.6. The van der Waals surface area contributed by atoms with Crippen LogP contribution in [0.1, 0.15) is 12.5 Å². The molecular formula is C12H14N2O2. The van der Waals surface area contributed by atoms with Gasteiger partial charge in [-0.05, 0) is 18.5 Å². The Hall–Kier alpha value is -1.77. The maximum atomic E-state index is 11.4. The fourth-order valence-electron chi connectivity index (χ4n) is 1.47. The molecule has 0 saturated heterocycles. The van der Waals surface area contributed by atoms with E-state index in [2.05, 4.69) is 10.3 Å². The molecule has 4 heteroatoms. The average molecular weight is 218 g/mol. The number of hydrogen-bond acceptors (Lipinski definition) is 3. The highest BCUT2D eigenvalue weighted by molar-refractivity contribution is 5.86. The lowest BCUT2D eigenvalue weighted by molar-refractivity contribution is -0.119. The summed E-state index contributed by atoms with van der Waals surface area (Å²) in [5.41, 5.74) is 1.03. The van der Waals surface area contributed by atoms with Gasteiger partial charge in [-0.15, -0.1) is 4.99 Å². The number of rotatable bonds is 5. The molecule has 0 radical (unpaired) electrons. The molecule has 0 aliphatic rings. The van der Waals surface area contributed by atoms with E-state index < -0.39 is 11.9 Å². The lowest BCUT2D eigenvalue weighted by Gasteiger charge is -2.13. The number of likely N-dealkylation sites (N-methyl/N-ethyl adjacent to an activating group) is 1. The molecule has 1 amide bonds. The van der Waals surface area contributed by atoms with Crippen LogP contribution in [0.3, 0.4) is 0 Å². The van der Waals surface area contributed by atoms with Crippen molar-refractivity contribution in [3.63, 3.8) is 0 Å². The number of carbonyl (C=O) groups is 1. The zero-order valence-corrected chi connectivity index (χ0v) is 9.14. The molecule has 1 atom stereocenters. The summed E-state index contributed by atoms with van der Waals surface area (Å²) in [5, 5.41) is 2.99. The minimum atomic E-state index is -0.472. The minimum absolute atomic E-state index is 0.450. The Morgan fingerprint density at radius 3 is 2.69 bits per heavy atom. The van der Waals surface area contributed by atoms with E-state index in [1.54, 1.807) is 0 Å². The van der Waals surface area contributed by atoms with Crippen molar-refractivity contribution in [1.82, 2.24) is 5.32 Å². The lowest BCUT2D eigenvalue weighted by Crippen LogP contribution is -2.37. The SMILES string of the molecule is CCNC(Cc1ccccc1)C(=O)N=C=O. The van der Waals surface area contributed by atoms with Gasteiger partial charge < -0.3 is 5.32 Å². The molecule has 1 N–H and O–H groups in total. The summed E-state index contributed by atoms with van der Waals surface area (Å²) < 4.78 is 0. The van der Waals surface area contributed by atoms with Crippen molar-refractivity contribution >= 4 is 12.0 Å². The van der Waals surface area contributed by atoms with E-state index in [9.17, 15) is 9.59 Å². The first kappa shape index (κ1) is 12.3. The molecule has 1 rings (SSSR count). The Morgan fingerprint density at radius 2 is 2.12 bits per heavy atom. The molecule has 0 saturated carbocycles. The fraction of sp³-hybridized carbons (Fsp3) is 0.333. The summed E-state index contributed by atoms with van der Waals surface area (Å²) >= 11 is 0. The highest BCUT2D eigenvalue weighted by Gasteiger charge is 2.16. The van der Waals surface area contributed by atoms with Gasteiger partial charge in [-0.1, -0.05) is 37.3 Å². The highest BCUT2D eigenvalue weighted by atomic mass is 16.2. The Labute approximate surface area is 94.4 Å². The van der Waals surface area contributed by atoms with Gasteiger partial charge in [0.15, 0.2) is 0 Å². The standard InChI is InChI=1S/C12H14N2O2/c1-2-13-11(12(16)14-9-15)8-10-6-4-3-5-7-10/h3-7,11,13H,2,8H2,1H3. The number of isocyanates is 1. The summed E-state index contributed by atoms with van der Waals surface area (Å²) in [5.74, 6) is -0.472.